The summed E-state index contributed by atoms with van der Waals surface area (Å²) >= 11 is 0. The third-order valence-electron chi connectivity index (χ3n) is 10.6. The molecule has 3 heterocycles. The molecule has 4 aromatic rings. The van der Waals surface area contributed by atoms with Crippen molar-refractivity contribution in [2.45, 2.75) is 43.7 Å². The largest absolute Gasteiger partial charge is 0.508 e. The zero-order valence-electron chi connectivity index (χ0n) is 28.1. The van der Waals surface area contributed by atoms with Crippen LogP contribution < -0.4 is 18.9 Å². The van der Waals surface area contributed by atoms with Crippen molar-refractivity contribution in [1.29, 1.82) is 0 Å². The van der Waals surface area contributed by atoms with Crippen molar-refractivity contribution in [1.82, 2.24) is 9.80 Å². The predicted octanol–water partition coefficient (Wildman–Crippen LogP) is 6.17. The third-order valence-corrected chi connectivity index (χ3v) is 10.6. The Bertz CT molecular complexity index is 1820. The molecular formula is C39H44N2O6. The maximum atomic E-state index is 10.8. The molecule has 0 saturated carbocycles. The number of ether oxygens (including phenoxy) is 4. The molecule has 0 fully saturated rings. The van der Waals surface area contributed by atoms with Crippen LogP contribution in [0.2, 0.25) is 0 Å². The fourth-order valence-electron chi connectivity index (χ4n) is 8.31. The number of phenolic OH excluding ortho intramolecular Hbond substituents is 2. The Balaban J connectivity index is 1.37. The molecule has 2 bridgehead atoms. The number of methoxy groups -OCH3 is 4. The second-order valence-corrected chi connectivity index (χ2v) is 13.2. The number of rotatable bonds is 8. The summed E-state index contributed by atoms with van der Waals surface area (Å²) in [6.07, 6.45) is 3.22. The Hall–Kier alpha value is -4.40. The highest BCUT2D eigenvalue weighted by atomic mass is 16.5. The van der Waals surface area contributed by atoms with Crippen molar-refractivity contribution < 1.29 is 29.2 Å². The minimum atomic E-state index is -0.0272. The highest BCUT2D eigenvalue weighted by Gasteiger charge is 2.40. The molecule has 0 amide bonds. The van der Waals surface area contributed by atoms with E-state index in [0.29, 0.717) is 17.9 Å². The first-order chi connectivity index (χ1) is 22.7. The minimum absolute atomic E-state index is 0.0272. The molecule has 1 aliphatic carbocycles. The van der Waals surface area contributed by atoms with Crippen molar-refractivity contribution in [2.75, 3.05) is 55.6 Å². The molecule has 0 spiro atoms. The van der Waals surface area contributed by atoms with Gasteiger partial charge in [-0.25, -0.2) is 0 Å². The summed E-state index contributed by atoms with van der Waals surface area (Å²) in [5.41, 5.74) is 10.8. The molecule has 3 atom stereocenters. The fourth-order valence-corrected chi connectivity index (χ4v) is 8.31. The van der Waals surface area contributed by atoms with Gasteiger partial charge in [0.05, 0.1) is 34.5 Å². The van der Waals surface area contributed by atoms with Crippen LogP contribution in [0.25, 0.3) is 0 Å². The average molecular weight is 637 g/mol. The van der Waals surface area contributed by atoms with E-state index in [2.05, 4.69) is 42.1 Å². The zero-order chi connectivity index (χ0) is 33.0. The summed E-state index contributed by atoms with van der Waals surface area (Å²) in [5, 5.41) is 20.6. The van der Waals surface area contributed by atoms with E-state index in [1.165, 1.54) is 27.8 Å². The Morgan fingerprint density at radius 2 is 1.47 bits per heavy atom. The monoisotopic (exact) mass is 636 g/mol. The van der Waals surface area contributed by atoms with Gasteiger partial charge in [-0.05, 0) is 120 Å². The van der Waals surface area contributed by atoms with Gasteiger partial charge in [0.25, 0.3) is 0 Å². The van der Waals surface area contributed by atoms with Crippen LogP contribution in [0, 0.1) is 0 Å². The lowest BCUT2D eigenvalue weighted by Gasteiger charge is -2.37. The van der Waals surface area contributed by atoms with Crippen LogP contribution in [0.15, 0.2) is 54.6 Å². The van der Waals surface area contributed by atoms with E-state index in [0.717, 1.165) is 66.1 Å². The van der Waals surface area contributed by atoms with Crippen molar-refractivity contribution in [3.05, 3.63) is 105 Å². The van der Waals surface area contributed by atoms with E-state index in [-0.39, 0.29) is 29.5 Å². The Morgan fingerprint density at radius 1 is 0.745 bits per heavy atom. The summed E-state index contributed by atoms with van der Waals surface area (Å²) in [5.74, 6) is 3.45. The van der Waals surface area contributed by atoms with Crippen LogP contribution in [0.1, 0.15) is 68.1 Å². The molecule has 4 aromatic carbocycles. The van der Waals surface area contributed by atoms with Crippen molar-refractivity contribution >= 4 is 0 Å². The van der Waals surface area contributed by atoms with Crippen molar-refractivity contribution in [2.24, 2.45) is 0 Å². The van der Waals surface area contributed by atoms with Crippen LogP contribution >= 0.6 is 0 Å². The molecule has 2 N–H and O–H groups in total. The Morgan fingerprint density at radius 3 is 2.17 bits per heavy atom. The second-order valence-electron chi connectivity index (χ2n) is 13.2. The van der Waals surface area contributed by atoms with Gasteiger partial charge in [-0.3, -0.25) is 9.80 Å². The zero-order valence-corrected chi connectivity index (χ0v) is 28.1. The van der Waals surface area contributed by atoms with Gasteiger partial charge in [0.2, 0.25) is 0 Å². The highest BCUT2D eigenvalue weighted by molar-refractivity contribution is 5.63. The normalized spacial score (nSPS) is 20.2. The second kappa shape index (κ2) is 12.3. The van der Waals surface area contributed by atoms with E-state index in [1.807, 2.05) is 24.3 Å². The quantitative estimate of drug-likeness (QED) is 0.238. The first-order valence-electron chi connectivity index (χ1n) is 16.3. The van der Waals surface area contributed by atoms with Crippen LogP contribution in [-0.4, -0.2) is 75.6 Å². The maximum absolute atomic E-state index is 10.8. The molecule has 0 saturated heterocycles. The molecular weight excluding hydrogens is 592 g/mol. The first kappa shape index (κ1) is 31.2. The molecule has 246 valence electrons. The molecule has 8 heteroatoms. The molecule has 3 aliphatic heterocycles. The number of hydrogen-bond donors (Lipinski definition) is 2. The maximum Gasteiger partial charge on any atom is 0.164 e. The third kappa shape index (κ3) is 5.33. The SMILES string of the molecule is COc1cc2c(cc1O)[C@@H]1Cc3c(cc(OC)c(OC)c3Cc3cc4c(cc3OC)CCN(C)[C@H]4Cc3ccc(O)cc3)[C@H]2N(C)C1. The van der Waals surface area contributed by atoms with Gasteiger partial charge >= 0.3 is 0 Å². The van der Waals surface area contributed by atoms with E-state index < -0.39 is 0 Å². The topological polar surface area (TPSA) is 83.9 Å². The number of aromatic hydroxyl groups is 2. The van der Waals surface area contributed by atoms with Gasteiger partial charge in [-0.1, -0.05) is 12.1 Å². The molecule has 8 nitrogen and oxygen atoms in total. The van der Waals surface area contributed by atoms with Gasteiger partial charge in [-0.2, -0.15) is 0 Å². The number of phenols is 2. The number of fused-ring (bicyclic) bond motifs is 2. The smallest absolute Gasteiger partial charge is 0.164 e. The Labute approximate surface area is 277 Å². The van der Waals surface area contributed by atoms with Gasteiger partial charge in [0.15, 0.2) is 23.0 Å². The summed E-state index contributed by atoms with van der Waals surface area (Å²) in [6.45, 7) is 1.84. The number of benzene rings is 4. The number of nitrogens with zero attached hydrogens (tertiary/aromatic N) is 2. The lowest BCUT2D eigenvalue weighted by molar-refractivity contribution is 0.229. The van der Waals surface area contributed by atoms with E-state index in [9.17, 15) is 10.2 Å². The molecule has 0 radical (unpaired) electrons. The summed E-state index contributed by atoms with van der Waals surface area (Å²) < 4.78 is 23.8. The van der Waals surface area contributed by atoms with Crippen LogP contribution in [0.4, 0.5) is 0 Å². The summed E-state index contributed by atoms with van der Waals surface area (Å²) in [6, 6.07) is 18.3. The minimum Gasteiger partial charge on any atom is -0.508 e. The van der Waals surface area contributed by atoms with Crippen LogP contribution in [0.3, 0.4) is 0 Å². The van der Waals surface area contributed by atoms with E-state index in [4.69, 9.17) is 18.9 Å². The lowest BCUT2D eigenvalue weighted by atomic mass is 9.84. The van der Waals surface area contributed by atoms with Gasteiger partial charge in [0.1, 0.15) is 11.5 Å². The van der Waals surface area contributed by atoms with Crippen molar-refractivity contribution in [3.63, 3.8) is 0 Å². The van der Waals surface area contributed by atoms with Gasteiger partial charge < -0.3 is 29.2 Å². The van der Waals surface area contributed by atoms with Gasteiger partial charge in [-0.15, -0.1) is 0 Å². The van der Waals surface area contributed by atoms with Crippen LogP contribution in [-0.2, 0) is 25.7 Å². The number of hydrogen-bond acceptors (Lipinski definition) is 8. The average Bonchev–Trinajstić information content (AvgIpc) is 3.29. The first-order valence-corrected chi connectivity index (χ1v) is 16.3. The standard InChI is InChI=1S/C39H44N2O6/c1-40-12-11-23-17-35(44-3)24(14-28(23)33(40)13-22-7-9-26(42)10-8-22)15-32-29-16-25-21-41(2)38(31(29)20-37(46-5)39(32)47-6)30-19-36(45-4)34(43)18-27(25)30/h7-10,14,17-20,25,33,38,42-43H,11-13,15-16,21H2,1-6H3/t25-,33+,38+/m1/s1. The molecule has 0 aromatic heterocycles. The molecule has 4 aliphatic rings. The van der Waals surface area contributed by atoms with E-state index in [1.54, 1.807) is 40.6 Å². The lowest BCUT2D eigenvalue weighted by Crippen LogP contribution is -2.33. The highest BCUT2D eigenvalue weighted by Crippen LogP contribution is 2.52. The van der Waals surface area contributed by atoms with Crippen molar-refractivity contribution in [3.8, 4) is 34.5 Å². The Kier molecular flexibility index (Phi) is 8.18. The molecule has 0 unspecified atom stereocenters. The van der Waals surface area contributed by atoms with E-state index >= 15 is 0 Å². The van der Waals surface area contributed by atoms with Gasteiger partial charge in [0, 0.05) is 37.0 Å². The molecule has 8 rings (SSSR count). The van der Waals surface area contributed by atoms with Crippen LogP contribution in [0.5, 0.6) is 34.5 Å². The fraction of sp³-hybridized carbons (Fsp3) is 0.385. The summed E-state index contributed by atoms with van der Waals surface area (Å²) in [7, 11) is 11.1. The molecule has 47 heavy (non-hydrogen) atoms. The predicted molar refractivity (Wildman–Crippen MR) is 182 cm³/mol. The summed E-state index contributed by atoms with van der Waals surface area (Å²) in [4.78, 5) is 4.83. The number of likely N-dealkylation sites (N-methyl/N-ethyl adjacent to an activating group) is 2.